The molecule has 0 amide bonds. The molecule has 4 heteroatoms. The van der Waals surface area contributed by atoms with Gasteiger partial charge in [-0.15, -0.1) is 0 Å². The van der Waals surface area contributed by atoms with E-state index in [0.29, 0.717) is 12.1 Å². The fourth-order valence-electron chi connectivity index (χ4n) is 3.25. The van der Waals surface area contributed by atoms with Crippen molar-refractivity contribution in [2.75, 3.05) is 13.1 Å². The molecule has 1 atom stereocenters. The highest BCUT2D eigenvalue weighted by Gasteiger charge is 2.20. The number of aromatic nitrogens is 2. The molecule has 100 valence electrons. The summed E-state index contributed by atoms with van der Waals surface area (Å²) in [4.78, 5) is 2.41. The van der Waals surface area contributed by atoms with Crippen LogP contribution in [0.3, 0.4) is 0 Å². The topological polar surface area (TPSA) is 47.1 Å². The summed E-state index contributed by atoms with van der Waals surface area (Å²) in [5, 5.41) is 4.76. The summed E-state index contributed by atoms with van der Waals surface area (Å²) in [6.45, 7) is 3.11. The Morgan fingerprint density at radius 3 is 2.78 bits per heavy atom. The van der Waals surface area contributed by atoms with Gasteiger partial charge in [0, 0.05) is 31.9 Å². The third kappa shape index (κ3) is 2.75. The third-order valence-corrected chi connectivity index (χ3v) is 4.31. The fraction of sp³-hybridized carbons (Fsp3) is 0.786. The van der Waals surface area contributed by atoms with Gasteiger partial charge in [-0.2, -0.15) is 5.10 Å². The molecule has 0 bridgehead atoms. The molecule has 3 rings (SSSR count). The van der Waals surface area contributed by atoms with E-state index in [4.69, 9.17) is 10.8 Å². The van der Waals surface area contributed by atoms with Gasteiger partial charge in [0.1, 0.15) is 0 Å². The lowest BCUT2D eigenvalue weighted by Crippen LogP contribution is -2.26. The van der Waals surface area contributed by atoms with Crippen LogP contribution in [0.15, 0.2) is 12.3 Å². The Bertz CT molecular complexity index is 381. The SMILES string of the molecule is N[C@H]1CCN(Cc2ccn(C3CCCCC3)n2)C1. The molecule has 0 radical (unpaired) electrons. The van der Waals surface area contributed by atoms with Crippen molar-refractivity contribution in [2.24, 2.45) is 5.73 Å². The summed E-state index contributed by atoms with van der Waals surface area (Å²) in [5.74, 6) is 0. The lowest BCUT2D eigenvalue weighted by molar-refractivity contribution is 0.307. The molecule has 2 heterocycles. The van der Waals surface area contributed by atoms with Crippen LogP contribution in [0.5, 0.6) is 0 Å². The lowest BCUT2D eigenvalue weighted by atomic mass is 9.96. The van der Waals surface area contributed by atoms with Gasteiger partial charge in [0.05, 0.1) is 11.7 Å². The van der Waals surface area contributed by atoms with Crippen molar-refractivity contribution in [1.82, 2.24) is 14.7 Å². The van der Waals surface area contributed by atoms with E-state index in [1.54, 1.807) is 0 Å². The van der Waals surface area contributed by atoms with Gasteiger partial charge in [-0.25, -0.2) is 0 Å². The molecule has 0 spiro atoms. The molecule has 1 saturated carbocycles. The smallest absolute Gasteiger partial charge is 0.0764 e. The Morgan fingerprint density at radius 1 is 1.22 bits per heavy atom. The Kier molecular flexibility index (Phi) is 3.66. The minimum Gasteiger partial charge on any atom is -0.326 e. The average molecular weight is 248 g/mol. The van der Waals surface area contributed by atoms with Gasteiger partial charge >= 0.3 is 0 Å². The largest absolute Gasteiger partial charge is 0.326 e. The Hall–Kier alpha value is -0.870. The molecule has 1 aliphatic carbocycles. The van der Waals surface area contributed by atoms with E-state index in [1.807, 2.05) is 0 Å². The lowest BCUT2D eigenvalue weighted by Gasteiger charge is -2.22. The molecule has 1 aromatic rings. The van der Waals surface area contributed by atoms with Gasteiger partial charge in [0.25, 0.3) is 0 Å². The van der Waals surface area contributed by atoms with Crippen LogP contribution in [0.4, 0.5) is 0 Å². The Balaban J connectivity index is 1.59. The van der Waals surface area contributed by atoms with Crippen molar-refractivity contribution in [2.45, 2.75) is 57.2 Å². The molecule has 1 aliphatic heterocycles. The van der Waals surface area contributed by atoms with Gasteiger partial charge in [-0.3, -0.25) is 9.58 Å². The average Bonchev–Trinajstić information content (AvgIpc) is 3.01. The second-order valence-electron chi connectivity index (χ2n) is 5.86. The maximum Gasteiger partial charge on any atom is 0.0764 e. The number of nitrogens with zero attached hydrogens (tertiary/aromatic N) is 3. The fourth-order valence-corrected chi connectivity index (χ4v) is 3.25. The first-order chi connectivity index (χ1) is 8.81. The quantitative estimate of drug-likeness (QED) is 0.889. The van der Waals surface area contributed by atoms with Crippen molar-refractivity contribution in [3.05, 3.63) is 18.0 Å². The number of hydrogen-bond acceptors (Lipinski definition) is 3. The molecule has 1 saturated heterocycles. The first-order valence-corrected chi connectivity index (χ1v) is 7.33. The van der Waals surface area contributed by atoms with Crippen LogP contribution >= 0.6 is 0 Å². The zero-order valence-corrected chi connectivity index (χ0v) is 11.1. The predicted octanol–water partition coefficient (Wildman–Crippen LogP) is 1.92. The van der Waals surface area contributed by atoms with Gasteiger partial charge in [-0.1, -0.05) is 19.3 Å². The van der Waals surface area contributed by atoms with E-state index in [-0.39, 0.29) is 0 Å². The summed E-state index contributed by atoms with van der Waals surface area (Å²) >= 11 is 0. The number of rotatable bonds is 3. The Labute approximate surface area is 109 Å². The zero-order valence-electron chi connectivity index (χ0n) is 11.1. The van der Waals surface area contributed by atoms with Crippen LogP contribution in [0.25, 0.3) is 0 Å². The molecule has 0 aromatic carbocycles. The van der Waals surface area contributed by atoms with E-state index in [2.05, 4.69) is 21.8 Å². The molecule has 18 heavy (non-hydrogen) atoms. The van der Waals surface area contributed by atoms with Crippen molar-refractivity contribution in [3.8, 4) is 0 Å². The van der Waals surface area contributed by atoms with E-state index in [0.717, 1.165) is 26.1 Å². The molecule has 2 fully saturated rings. The molecule has 1 aromatic heterocycles. The molecular formula is C14H24N4. The second kappa shape index (κ2) is 5.41. The summed E-state index contributed by atoms with van der Waals surface area (Å²) in [6, 6.07) is 3.19. The van der Waals surface area contributed by atoms with E-state index in [9.17, 15) is 0 Å². The molecular weight excluding hydrogens is 224 g/mol. The highest BCUT2D eigenvalue weighted by molar-refractivity contribution is 5.01. The number of hydrogen-bond donors (Lipinski definition) is 1. The van der Waals surface area contributed by atoms with Crippen LogP contribution in [0.1, 0.15) is 50.3 Å². The van der Waals surface area contributed by atoms with Gasteiger partial charge < -0.3 is 5.73 Å². The highest BCUT2D eigenvalue weighted by atomic mass is 15.3. The van der Waals surface area contributed by atoms with Crippen LogP contribution in [0.2, 0.25) is 0 Å². The normalized spacial score (nSPS) is 26.8. The van der Waals surface area contributed by atoms with Gasteiger partial charge in [-0.05, 0) is 25.3 Å². The third-order valence-electron chi connectivity index (χ3n) is 4.31. The maximum absolute atomic E-state index is 5.93. The van der Waals surface area contributed by atoms with Crippen LogP contribution in [-0.2, 0) is 6.54 Å². The molecule has 4 nitrogen and oxygen atoms in total. The van der Waals surface area contributed by atoms with Crippen molar-refractivity contribution >= 4 is 0 Å². The molecule has 2 aliphatic rings. The van der Waals surface area contributed by atoms with Crippen LogP contribution in [0, 0.1) is 0 Å². The van der Waals surface area contributed by atoms with Crippen molar-refractivity contribution < 1.29 is 0 Å². The van der Waals surface area contributed by atoms with E-state index in [1.165, 1.54) is 37.8 Å². The first kappa shape index (κ1) is 12.2. The van der Waals surface area contributed by atoms with Crippen molar-refractivity contribution in [1.29, 1.82) is 0 Å². The Morgan fingerprint density at radius 2 is 2.06 bits per heavy atom. The predicted molar refractivity (Wildman–Crippen MR) is 72.2 cm³/mol. The molecule has 0 unspecified atom stereocenters. The highest BCUT2D eigenvalue weighted by Crippen LogP contribution is 2.27. The summed E-state index contributed by atoms with van der Waals surface area (Å²) < 4.78 is 2.20. The summed E-state index contributed by atoms with van der Waals surface area (Å²) in [6.07, 6.45) is 10.0. The zero-order chi connectivity index (χ0) is 12.4. The first-order valence-electron chi connectivity index (χ1n) is 7.33. The number of nitrogens with two attached hydrogens (primary N) is 1. The van der Waals surface area contributed by atoms with Crippen molar-refractivity contribution in [3.63, 3.8) is 0 Å². The van der Waals surface area contributed by atoms with Crippen LogP contribution < -0.4 is 5.73 Å². The van der Waals surface area contributed by atoms with Gasteiger partial charge in [0.2, 0.25) is 0 Å². The summed E-state index contributed by atoms with van der Waals surface area (Å²) in [7, 11) is 0. The van der Waals surface area contributed by atoms with E-state index < -0.39 is 0 Å². The minimum atomic E-state index is 0.366. The van der Waals surface area contributed by atoms with E-state index >= 15 is 0 Å². The maximum atomic E-state index is 5.93. The second-order valence-corrected chi connectivity index (χ2v) is 5.86. The standard InChI is InChI=1S/C14H24N4/c15-12-6-8-17(10-12)11-13-7-9-18(16-13)14-4-2-1-3-5-14/h7,9,12,14H,1-6,8,10-11,15H2/t12-/m0/s1. The minimum absolute atomic E-state index is 0.366. The van der Waals surface area contributed by atoms with Crippen LogP contribution in [-0.4, -0.2) is 33.8 Å². The summed E-state index contributed by atoms with van der Waals surface area (Å²) in [5.41, 5.74) is 7.14. The molecule has 2 N–H and O–H groups in total. The monoisotopic (exact) mass is 248 g/mol. The van der Waals surface area contributed by atoms with Gasteiger partial charge in [0.15, 0.2) is 0 Å². The number of likely N-dealkylation sites (tertiary alicyclic amines) is 1.